The Morgan fingerprint density at radius 1 is 0.826 bits per heavy atom. The zero-order valence-corrected chi connectivity index (χ0v) is 13.2. The van der Waals surface area contributed by atoms with E-state index in [0.29, 0.717) is 11.1 Å². The zero-order valence-electron chi connectivity index (χ0n) is 13.2. The summed E-state index contributed by atoms with van der Waals surface area (Å²) in [7, 11) is 5.18. The molecule has 0 aliphatic heterocycles. The van der Waals surface area contributed by atoms with Gasteiger partial charge in [-0.25, -0.2) is 4.39 Å². The molecule has 0 saturated heterocycles. The van der Waals surface area contributed by atoms with Crippen molar-refractivity contribution >= 4 is 32.6 Å². The zero-order chi connectivity index (χ0) is 16.1. The highest BCUT2D eigenvalue weighted by atomic mass is 19.1. The number of rotatable bonds is 2. The summed E-state index contributed by atoms with van der Waals surface area (Å²) in [6.45, 7) is 0. The van der Waals surface area contributed by atoms with Crippen LogP contribution in [0.25, 0.3) is 32.6 Å². The highest BCUT2D eigenvalue weighted by Gasteiger charge is 2.23. The van der Waals surface area contributed by atoms with Gasteiger partial charge in [0.1, 0.15) is 11.6 Å². The van der Waals surface area contributed by atoms with Gasteiger partial charge < -0.3 is 14.0 Å². The number of halogens is 1. The lowest BCUT2D eigenvalue weighted by Gasteiger charge is -2.13. The van der Waals surface area contributed by atoms with Crippen molar-refractivity contribution in [3.05, 3.63) is 48.3 Å². The average Bonchev–Trinajstić information content (AvgIpc) is 2.87. The Labute approximate surface area is 132 Å². The summed E-state index contributed by atoms with van der Waals surface area (Å²) in [6, 6.07) is 13.0. The number of methoxy groups -OCH3 is 2. The third-order valence-electron chi connectivity index (χ3n) is 4.44. The number of fused-ring (bicyclic) bond motifs is 4. The summed E-state index contributed by atoms with van der Waals surface area (Å²) in [5.74, 6) is 1.14. The Bertz CT molecular complexity index is 1070. The van der Waals surface area contributed by atoms with E-state index in [-0.39, 0.29) is 5.82 Å². The maximum absolute atomic E-state index is 14.6. The van der Waals surface area contributed by atoms with Crippen LogP contribution in [-0.4, -0.2) is 18.8 Å². The molecular weight excluding hydrogens is 293 g/mol. The topological polar surface area (TPSA) is 23.4 Å². The lowest BCUT2D eigenvalue weighted by molar-refractivity contribution is 0.416. The Morgan fingerprint density at radius 3 is 2.13 bits per heavy atom. The van der Waals surface area contributed by atoms with Crippen LogP contribution in [0.2, 0.25) is 0 Å². The van der Waals surface area contributed by atoms with Gasteiger partial charge in [0.25, 0.3) is 0 Å². The number of ether oxygens (including phenoxy) is 2. The number of hydrogen-bond donors (Lipinski definition) is 0. The number of benzene rings is 3. The molecule has 4 heteroatoms. The molecule has 0 aliphatic carbocycles. The highest BCUT2D eigenvalue weighted by molar-refractivity contribution is 6.21. The monoisotopic (exact) mass is 309 g/mol. The summed E-state index contributed by atoms with van der Waals surface area (Å²) in [5, 5.41) is 3.17. The van der Waals surface area contributed by atoms with E-state index in [4.69, 9.17) is 9.47 Å². The largest absolute Gasteiger partial charge is 0.495 e. The standard InChI is InChI=1S/C19H16FNO2/c1-21-14-10-6-9-13(20)15(14)16-17(21)19(23-3)12-8-5-4-7-11(12)18(16)22-2/h4-10H,1-3H3. The molecule has 1 aromatic heterocycles. The van der Waals surface area contributed by atoms with Gasteiger partial charge in [0.15, 0.2) is 5.75 Å². The van der Waals surface area contributed by atoms with Gasteiger partial charge >= 0.3 is 0 Å². The molecule has 0 amide bonds. The van der Waals surface area contributed by atoms with Gasteiger partial charge in [-0.05, 0) is 12.1 Å². The molecule has 0 N–H and O–H groups in total. The fourth-order valence-electron chi connectivity index (χ4n) is 3.49. The maximum atomic E-state index is 14.6. The number of aromatic nitrogens is 1. The molecule has 3 nitrogen and oxygen atoms in total. The van der Waals surface area contributed by atoms with Crippen molar-refractivity contribution in [3.63, 3.8) is 0 Å². The molecular formula is C19H16FNO2. The second-order valence-corrected chi connectivity index (χ2v) is 5.53. The molecule has 4 aromatic rings. The predicted molar refractivity (Wildman–Crippen MR) is 91.0 cm³/mol. The summed E-state index contributed by atoms with van der Waals surface area (Å²) < 4.78 is 27.9. The molecule has 23 heavy (non-hydrogen) atoms. The minimum atomic E-state index is -0.260. The third-order valence-corrected chi connectivity index (χ3v) is 4.44. The summed E-state index contributed by atoms with van der Waals surface area (Å²) in [4.78, 5) is 0. The van der Waals surface area contributed by atoms with Crippen molar-refractivity contribution in [1.29, 1.82) is 0 Å². The van der Waals surface area contributed by atoms with Crippen molar-refractivity contribution < 1.29 is 13.9 Å². The first-order valence-corrected chi connectivity index (χ1v) is 7.38. The van der Waals surface area contributed by atoms with Gasteiger partial charge in [-0.2, -0.15) is 0 Å². The molecule has 4 rings (SSSR count). The minimum Gasteiger partial charge on any atom is -0.495 e. The second-order valence-electron chi connectivity index (χ2n) is 5.53. The normalized spacial score (nSPS) is 11.5. The Balaban J connectivity index is 2.44. The molecule has 0 radical (unpaired) electrons. The van der Waals surface area contributed by atoms with Crippen molar-refractivity contribution in [2.24, 2.45) is 7.05 Å². The SMILES string of the molecule is COc1c2ccccc2c(OC)c2c1c1c(F)cccc1n2C. The van der Waals surface area contributed by atoms with Crippen LogP contribution in [0.15, 0.2) is 42.5 Å². The fourth-order valence-corrected chi connectivity index (χ4v) is 3.49. The van der Waals surface area contributed by atoms with E-state index >= 15 is 0 Å². The maximum Gasteiger partial charge on any atom is 0.151 e. The summed E-state index contributed by atoms with van der Waals surface area (Å²) >= 11 is 0. The molecule has 0 unspecified atom stereocenters. The first-order chi connectivity index (χ1) is 11.2. The van der Waals surface area contributed by atoms with Crippen LogP contribution in [0.1, 0.15) is 0 Å². The van der Waals surface area contributed by atoms with Gasteiger partial charge in [-0.1, -0.05) is 30.3 Å². The van der Waals surface area contributed by atoms with Crippen molar-refractivity contribution in [1.82, 2.24) is 4.57 Å². The van der Waals surface area contributed by atoms with E-state index in [1.807, 2.05) is 41.9 Å². The van der Waals surface area contributed by atoms with Crippen LogP contribution in [-0.2, 0) is 7.05 Å². The second kappa shape index (κ2) is 4.88. The molecule has 3 aromatic carbocycles. The lowest BCUT2D eigenvalue weighted by atomic mass is 10.0. The molecule has 0 bridgehead atoms. The Kier molecular flexibility index (Phi) is 2.94. The first kappa shape index (κ1) is 13.9. The molecule has 0 aliphatic rings. The summed E-state index contributed by atoms with van der Waals surface area (Å²) in [6.07, 6.45) is 0. The minimum absolute atomic E-state index is 0.260. The molecule has 0 saturated carbocycles. The average molecular weight is 309 g/mol. The van der Waals surface area contributed by atoms with Crippen LogP contribution < -0.4 is 9.47 Å². The first-order valence-electron chi connectivity index (χ1n) is 7.38. The summed E-state index contributed by atoms with van der Waals surface area (Å²) in [5.41, 5.74) is 1.65. The van der Waals surface area contributed by atoms with Crippen LogP contribution in [0, 0.1) is 5.82 Å². The van der Waals surface area contributed by atoms with Gasteiger partial charge in [0.05, 0.1) is 30.6 Å². The van der Waals surface area contributed by atoms with Crippen LogP contribution >= 0.6 is 0 Å². The molecule has 0 atom stereocenters. The van der Waals surface area contributed by atoms with Crippen molar-refractivity contribution in [3.8, 4) is 11.5 Å². The Hall–Kier alpha value is -2.75. The number of nitrogens with zero attached hydrogens (tertiary/aromatic N) is 1. The van der Waals surface area contributed by atoms with Gasteiger partial charge in [0.2, 0.25) is 0 Å². The highest BCUT2D eigenvalue weighted by Crippen LogP contribution is 2.47. The van der Waals surface area contributed by atoms with E-state index in [2.05, 4.69) is 0 Å². The molecule has 0 spiro atoms. The third kappa shape index (κ3) is 1.69. The van der Waals surface area contributed by atoms with E-state index in [9.17, 15) is 4.39 Å². The van der Waals surface area contributed by atoms with E-state index in [1.165, 1.54) is 6.07 Å². The molecule has 116 valence electrons. The van der Waals surface area contributed by atoms with E-state index < -0.39 is 0 Å². The lowest BCUT2D eigenvalue weighted by Crippen LogP contribution is -1.95. The van der Waals surface area contributed by atoms with Crippen LogP contribution in [0.3, 0.4) is 0 Å². The van der Waals surface area contributed by atoms with E-state index in [0.717, 1.165) is 32.9 Å². The van der Waals surface area contributed by atoms with Gasteiger partial charge in [0, 0.05) is 23.2 Å². The van der Waals surface area contributed by atoms with E-state index in [1.54, 1.807) is 20.3 Å². The van der Waals surface area contributed by atoms with Crippen molar-refractivity contribution in [2.75, 3.05) is 14.2 Å². The molecule has 1 heterocycles. The smallest absolute Gasteiger partial charge is 0.151 e. The van der Waals surface area contributed by atoms with Gasteiger partial charge in [-0.15, -0.1) is 0 Å². The molecule has 0 fully saturated rings. The fraction of sp³-hybridized carbons (Fsp3) is 0.158. The van der Waals surface area contributed by atoms with Gasteiger partial charge in [-0.3, -0.25) is 0 Å². The van der Waals surface area contributed by atoms with Crippen LogP contribution in [0.4, 0.5) is 4.39 Å². The van der Waals surface area contributed by atoms with Crippen molar-refractivity contribution in [2.45, 2.75) is 0 Å². The predicted octanol–water partition coefficient (Wildman–Crippen LogP) is 4.64. The quantitative estimate of drug-likeness (QED) is 0.538. The van der Waals surface area contributed by atoms with Crippen LogP contribution in [0.5, 0.6) is 11.5 Å². The number of aryl methyl sites for hydroxylation is 1. The Morgan fingerprint density at radius 2 is 1.48 bits per heavy atom. The number of hydrogen-bond acceptors (Lipinski definition) is 2.